The number of rotatable bonds is 7. The van der Waals surface area contributed by atoms with Gasteiger partial charge in [0.2, 0.25) is 5.91 Å². The van der Waals surface area contributed by atoms with E-state index in [1.54, 1.807) is 25.7 Å². The van der Waals surface area contributed by atoms with E-state index in [1.165, 1.54) is 14.1 Å². The number of aromatic nitrogens is 3. The lowest BCUT2D eigenvalue weighted by Gasteiger charge is -2.27. The molecule has 0 bridgehead atoms. The number of nitrogens with one attached hydrogen (secondary N) is 1. The number of fused-ring (bicyclic) bond motifs is 1. The fraction of sp³-hybridized carbons (Fsp3) is 0.500. The molecule has 1 aliphatic heterocycles. The van der Waals surface area contributed by atoms with Gasteiger partial charge in [-0.15, -0.1) is 0 Å². The SMILES string of the molecule is CN(CC(F)(F)c1nc2sc(N3CCCC3C(=O)NCc3ccccc3)nc2c(=O)n1C)C(=O)OC(C)(C)C. The molecule has 0 radical (unpaired) electrons. The zero-order valence-corrected chi connectivity index (χ0v) is 23.3. The van der Waals surface area contributed by atoms with E-state index in [0.717, 1.165) is 32.8 Å². The molecule has 1 N–H and O–H groups in total. The first-order chi connectivity index (χ1) is 18.3. The monoisotopic (exact) mass is 562 g/mol. The number of halogens is 2. The molecule has 39 heavy (non-hydrogen) atoms. The first-order valence-electron chi connectivity index (χ1n) is 12.5. The number of ether oxygens (including phenoxy) is 1. The van der Waals surface area contributed by atoms with E-state index in [4.69, 9.17) is 4.74 Å². The molecule has 2 amide bonds. The molecule has 1 aromatic carbocycles. The third-order valence-electron chi connectivity index (χ3n) is 6.21. The van der Waals surface area contributed by atoms with E-state index >= 15 is 8.78 Å². The van der Waals surface area contributed by atoms with E-state index < -0.39 is 41.6 Å². The Morgan fingerprint density at radius 1 is 1.21 bits per heavy atom. The highest BCUT2D eigenvalue weighted by atomic mass is 32.1. The normalized spacial score (nSPS) is 16.0. The number of hydrogen-bond acceptors (Lipinski definition) is 8. The number of anilines is 1. The molecule has 3 heterocycles. The molecule has 0 spiro atoms. The van der Waals surface area contributed by atoms with Crippen LogP contribution in [0.5, 0.6) is 0 Å². The number of thiazole rings is 1. The predicted molar refractivity (Wildman–Crippen MR) is 144 cm³/mol. The van der Waals surface area contributed by atoms with Crippen molar-refractivity contribution >= 4 is 38.8 Å². The van der Waals surface area contributed by atoms with Crippen LogP contribution in [0.15, 0.2) is 35.1 Å². The Kier molecular flexibility index (Phi) is 7.92. The average Bonchev–Trinajstić information content (AvgIpc) is 3.51. The van der Waals surface area contributed by atoms with E-state index in [9.17, 15) is 14.4 Å². The maximum atomic E-state index is 15.3. The van der Waals surface area contributed by atoms with Gasteiger partial charge in [-0.3, -0.25) is 14.2 Å². The summed E-state index contributed by atoms with van der Waals surface area (Å²) in [6.45, 7) is 4.78. The molecule has 2 aromatic heterocycles. The number of carbonyl (C=O) groups is 2. The molecular formula is C26H32F2N6O4S. The van der Waals surface area contributed by atoms with Gasteiger partial charge in [0.25, 0.3) is 5.56 Å². The largest absolute Gasteiger partial charge is 0.444 e. The lowest BCUT2D eigenvalue weighted by Crippen LogP contribution is -2.43. The number of amides is 2. The lowest BCUT2D eigenvalue weighted by atomic mass is 10.2. The van der Waals surface area contributed by atoms with Gasteiger partial charge in [-0.2, -0.15) is 8.78 Å². The van der Waals surface area contributed by atoms with Gasteiger partial charge in [0.1, 0.15) is 11.6 Å². The number of hydrogen-bond donors (Lipinski definition) is 1. The Hall–Kier alpha value is -3.61. The molecule has 1 aliphatic rings. The van der Waals surface area contributed by atoms with Crippen molar-refractivity contribution in [1.29, 1.82) is 0 Å². The van der Waals surface area contributed by atoms with Crippen molar-refractivity contribution in [3.8, 4) is 0 Å². The zero-order chi connectivity index (χ0) is 28.5. The molecule has 1 saturated heterocycles. The second-order valence-corrected chi connectivity index (χ2v) is 11.5. The summed E-state index contributed by atoms with van der Waals surface area (Å²) in [7, 11) is 2.39. The minimum atomic E-state index is -3.65. The van der Waals surface area contributed by atoms with Gasteiger partial charge >= 0.3 is 12.0 Å². The van der Waals surface area contributed by atoms with Crippen LogP contribution in [0.1, 0.15) is 45.0 Å². The third kappa shape index (κ3) is 6.35. The Morgan fingerprint density at radius 2 is 1.90 bits per heavy atom. The Labute approximate surface area is 228 Å². The molecule has 0 aliphatic carbocycles. The van der Waals surface area contributed by atoms with E-state index in [2.05, 4.69) is 15.3 Å². The summed E-state index contributed by atoms with van der Waals surface area (Å²) in [6.07, 6.45) is 0.423. The summed E-state index contributed by atoms with van der Waals surface area (Å²) in [5.74, 6) is -4.61. The topological polar surface area (TPSA) is 110 Å². The molecule has 1 atom stereocenters. The van der Waals surface area contributed by atoms with Gasteiger partial charge in [0.15, 0.2) is 21.3 Å². The molecular weight excluding hydrogens is 530 g/mol. The highest BCUT2D eigenvalue weighted by Crippen LogP contribution is 2.34. The standard InChI is InChI=1S/C26H32F2N6O4S/c1-25(2,3)38-24(37)32(4)15-26(27,28)22-31-20-18(21(36)33(22)5)30-23(39-20)34-13-9-12-17(34)19(35)29-14-16-10-7-6-8-11-16/h6-8,10-11,17H,9,12-15H2,1-5H3,(H,29,35). The number of alkyl halides is 2. The van der Waals surface area contributed by atoms with Crippen LogP contribution in [0.2, 0.25) is 0 Å². The summed E-state index contributed by atoms with van der Waals surface area (Å²) in [4.78, 5) is 49.3. The highest BCUT2D eigenvalue weighted by molar-refractivity contribution is 7.21. The number of carbonyl (C=O) groups excluding carboxylic acids is 2. The summed E-state index contributed by atoms with van der Waals surface area (Å²) < 4.78 is 36.5. The van der Waals surface area contributed by atoms with Crippen molar-refractivity contribution in [2.24, 2.45) is 7.05 Å². The fourth-order valence-corrected chi connectivity index (χ4v) is 5.34. The van der Waals surface area contributed by atoms with E-state index in [0.29, 0.717) is 24.6 Å². The van der Waals surface area contributed by atoms with E-state index in [1.807, 2.05) is 30.3 Å². The van der Waals surface area contributed by atoms with Crippen molar-refractivity contribution in [2.75, 3.05) is 25.0 Å². The van der Waals surface area contributed by atoms with Crippen LogP contribution in [0.4, 0.5) is 18.7 Å². The van der Waals surface area contributed by atoms with Crippen LogP contribution >= 0.6 is 11.3 Å². The Morgan fingerprint density at radius 3 is 2.56 bits per heavy atom. The molecule has 10 nitrogen and oxygen atoms in total. The van der Waals surface area contributed by atoms with Gasteiger partial charge in [-0.05, 0) is 39.2 Å². The molecule has 1 unspecified atom stereocenters. The predicted octanol–water partition coefficient (Wildman–Crippen LogP) is 3.63. The minimum Gasteiger partial charge on any atom is -0.444 e. The van der Waals surface area contributed by atoms with Crippen LogP contribution in [0.25, 0.3) is 10.3 Å². The van der Waals surface area contributed by atoms with Gasteiger partial charge < -0.3 is 19.9 Å². The van der Waals surface area contributed by atoms with Crippen molar-refractivity contribution in [3.63, 3.8) is 0 Å². The van der Waals surface area contributed by atoms with Crippen LogP contribution in [-0.2, 0) is 29.0 Å². The summed E-state index contributed by atoms with van der Waals surface area (Å²) in [5.41, 5.74) is -0.668. The number of nitrogens with zero attached hydrogens (tertiary/aromatic N) is 5. The third-order valence-corrected chi connectivity index (χ3v) is 7.20. The first kappa shape index (κ1) is 28.4. The fourth-order valence-electron chi connectivity index (χ4n) is 4.34. The van der Waals surface area contributed by atoms with Crippen LogP contribution < -0.4 is 15.8 Å². The van der Waals surface area contributed by atoms with Crippen LogP contribution in [0, 0.1) is 0 Å². The van der Waals surface area contributed by atoms with Crippen LogP contribution in [-0.4, -0.2) is 63.2 Å². The first-order valence-corrected chi connectivity index (χ1v) is 13.4. The smallest absolute Gasteiger partial charge is 0.410 e. The second-order valence-electron chi connectivity index (χ2n) is 10.5. The number of benzene rings is 1. The Balaban J connectivity index is 1.56. The lowest BCUT2D eigenvalue weighted by molar-refractivity contribution is -0.122. The Bertz CT molecular complexity index is 1420. The molecule has 13 heteroatoms. The summed E-state index contributed by atoms with van der Waals surface area (Å²) >= 11 is 0.988. The maximum absolute atomic E-state index is 15.3. The molecule has 3 aromatic rings. The van der Waals surface area contributed by atoms with Gasteiger partial charge in [0, 0.05) is 27.2 Å². The minimum absolute atomic E-state index is 0.0399. The average molecular weight is 563 g/mol. The number of likely N-dealkylation sites (N-methyl/N-ethyl adjacent to an activating group) is 1. The zero-order valence-electron chi connectivity index (χ0n) is 22.5. The van der Waals surface area contributed by atoms with Gasteiger partial charge in [-0.25, -0.2) is 14.8 Å². The highest BCUT2D eigenvalue weighted by Gasteiger charge is 2.41. The quantitative estimate of drug-likeness (QED) is 0.468. The molecule has 1 fully saturated rings. The van der Waals surface area contributed by atoms with Crippen molar-refractivity contribution in [3.05, 3.63) is 52.1 Å². The van der Waals surface area contributed by atoms with Gasteiger partial charge in [-0.1, -0.05) is 41.7 Å². The van der Waals surface area contributed by atoms with Crippen LogP contribution in [0.3, 0.4) is 0 Å². The van der Waals surface area contributed by atoms with Crippen molar-refractivity contribution < 1.29 is 23.1 Å². The second kappa shape index (κ2) is 10.9. The van der Waals surface area contributed by atoms with Crippen molar-refractivity contribution in [2.45, 2.75) is 57.7 Å². The summed E-state index contributed by atoms with van der Waals surface area (Å²) in [6, 6.07) is 9.02. The van der Waals surface area contributed by atoms with Gasteiger partial charge in [0.05, 0.1) is 6.54 Å². The summed E-state index contributed by atoms with van der Waals surface area (Å²) in [5, 5.41) is 3.31. The molecule has 210 valence electrons. The van der Waals surface area contributed by atoms with Crippen molar-refractivity contribution in [1.82, 2.24) is 24.8 Å². The van der Waals surface area contributed by atoms with E-state index in [-0.39, 0.29) is 16.3 Å². The molecule has 4 rings (SSSR count). The maximum Gasteiger partial charge on any atom is 0.410 e. The molecule has 0 saturated carbocycles.